The lowest BCUT2D eigenvalue weighted by molar-refractivity contribution is -0.122. The topological polar surface area (TPSA) is 51.2 Å². The van der Waals surface area contributed by atoms with Crippen molar-refractivity contribution in [3.8, 4) is 0 Å². The summed E-state index contributed by atoms with van der Waals surface area (Å²) in [6.07, 6.45) is 5.26. The van der Waals surface area contributed by atoms with E-state index in [-0.39, 0.29) is 34.2 Å². The highest BCUT2D eigenvalue weighted by Crippen LogP contribution is 2.48. The van der Waals surface area contributed by atoms with Crippen molar-refractivity contribution in [1.29, 1.82) is 0 Å². The molecule has 2 bridgehead atoms. The Labute approximate surface area is 119 Å². The Morgan fingerprint density at radius 1 is 1.15 bits per heavy atom. The van der Waals surface area contributed by atoms with Crippen LogP contribution in [0.15, 0.2) is 47.4 Å². The molecule has 1 fully saturated rings. The van der Waals surface area contributed by atoms with Crippen molar-refractivity contribution in [3.05, 3.63) is 42.5 Å². The average molecular weight is 290 g/mol. The zero-order valence-corrected chi connectivity index (χ0v) is 12.2. The molecule has 2 aliphatic carbocycles. The summed E-state index contributed by atoms with van der Waals surface area (Å²) >= 11 is 0. The van der Waals surface area contributed by atoms with Crippen molar-refractivity contribution in [2.24, 2.45) is 23.7 Å². The Morgan fingerprint density at radius 3 is 2.40 bits per heavy atom. The van der Waals surface area contributed by atoms with Crippen LogP contribution in [-0.2, 0) is 14.6 Å². The van der Waals surface area contributed by atoms with Gasteiger partial charge in [-0.05, 0) is 36.3 Å². The van der Waals surface area contributed by atoms with Crippen LogP contribution < -0.4 is 0 Å². The number of hydrogen-bond acceptors (Lipinski definition) is 3. The monoisotopic (exact) mass is 290 g/mol. The molecule has 3 rings (SSSR count). The summed E-state index contributed by atoms with van der Waals surface area (Å²) in [5, 5.41) is 0. The van der Waals surface area contributed by atoms with Crippen LogP contribution in [0.1, 0.15) is 13.3 Å². The zero-order valence-electron chi connectivity index (χ0n) is 11.4. The summed E-state index contributed by atoms with van der Waals surface area (Å²) in [6.45, 7) is 2.06. The molecular weight excluding hydrogens is 272 g/mol. The molecule has 1 aromatic rings. The van der Waals surface area contributed by atoms with E-state index < -0.39 is 9.84 Å². The maximum Gasteiger partial charge on any atom is 0.185 e. The van der Waals surface area contributed by atoms with Crippen molar-refractivity contribution in [2.45, 2.75) is 18.2 Å². The van der Waals surface area contributed by atoms with Crippen LogP contribution in [0, 0.1) is 23.7 Å². The molecule has 0 aliphatic heterocycles. The number of Topliss-reactive ketones (excluding diaryl/α,β-unsaturated/α-hetero) is 1. The number of ketones is 1. The number of sulfone groups is 1. The third-order valence-corrected chi connectivity index (χ3v) is 6.31. The molecule has 0 N–H and O–H groups in total. The largest absolute Gasteiger partial charge is 0.298 e. The van der Waals surface area contributed by atoms with Gasteiger partial charge < -0.3 is 0 Å². The fourth-order valence-corrected chi connectivity index (χ4v) is 4.90. The summed E-state index contributed by atoms with van der Waals surface area (Å²) in [4.78, 5) is 12.7. The van der Waals surface area contributed by atoms with E-state index in [2.05, 4.69) is 19.1 Å². The van der Waals surface area contributed by atoms with Gasteiger partial charge in [-0.25, -0.2) is 8.42 Å². The minimum atomic E-state index is -3.51. The first kappa shape index (κ1) is 13.6. The van der Waals surface area contributed by atoms with Crippen LogP contribution in [0.25, 0.3) is 0 Å². The van der Waals surface area contributed by atoms with Gasteiger partial charge in [-0.3, -0.25) is 4.79 Å². The van der Waals surface area contributed by atoms with Gasteiger partial charge in [-0.2, -0.15) is 0 Å². The molecule has 1 saturated carbocycles. The van der Waals surface area contributed by atoms with E-state index in [1.807, 2.05) is 0 Å². The van der Waals surface area contributed by atoms with Crippen LogP contribution in [0.5, 0.6) is 0 Å². The predicted octanol–water partition coefficient (Wildman–Crippen LogP) is 2.49. The lowest BCUT2D eigenvalue weighted by atomic mass is 9.82. The second-order valence-corrected chi connectivity index (χ2v) is 7.86. The lowest BCUT2D eigenvalue weighted by Crippen LogP contribution is -2.31. The van der Waals surface area contributed by atoms with E-state index in [0.717, 1.165) is 6.42 Å². The maximum atomic E-state index is 12.4. The molecule has 0 unspecified atom stereocenters. The molecule has 0 amide bonds. The van der Waals surface area contributed by atoms with Crippen molar-refractivity contribution in [3.63, 3.8) is 0 Å². The van der Waals surface area contributed by atoms with Crippen LogP contribution in [0.2, 0.25) is 0 Å². The van der Waals surface area contributed by atoms with Crippen LogP contribution in [-0.4, -0.2) is 20.0 Å². The van der Waals surface area contributed by atoms with E-state index in [0.29, 0.717) is 5.92 Å². The van der Waals surface area contributed by atoms with E-state index >= 15 is 0 Å². The fraction of sp³-hybridized carbons (Fsp3) is 0.438. The molecule has 2 aliphatic rings. The molecule has 0 spiro atoms. The van der Waals surface area contributed by atoms with Gasteiger partial charge in [0.1, 0.15) is 5.75 Å². The molecule has 0 saturated heterocycles. The number of rotatable bonds is 4. The fourth-order valence-electron chi connectivity index (χ4n) is 3.60. The number of allylic oxidation sites excluding steroid dienone is 2. The third-order valence-electron chi connectivity index (χ3n) is 4.66. The second kappa shape index (κ2) is 4.85. The Morgan fingerprint density at radius 2 is 1.80 bits per heavy atom. The average Bonchev–Trinajstić information content (AvgIpc) is 2.99. The van der Waals surface area contributed by atoms with Gasteiger partial charge in [-0.1, -0.05) is 37.3 Å². The van der Waals surface area contributed by atoms with Gasteiger partial charge in [0.2, 0.25) is 0 Å². The molecule has 0 aromatic heterocycles. The smallest absolute Gasteiger partial charge is 0.185 e. The summed E-state index contributed by atoms with van der Waals surface area (Å²) in [7, 11) is -3.51. The first-order valence-electron chi connectivity index (χ1n) is 6.98. The third kappa shape index (κ3) is 2.22. The molecular formula is C16H18O3S. The predicted molar refractivity (Wildman–Crippen MR) is 76.9 cm³/mol. The SMILES string of the molecule is C[C@H]1[C@H](C(=O)CS(=O)(=O)c2ccccc2)[C@@H]2C=C[C@H]1C2. The molecule has 3 nitrogen and oxygen atoms in total. The van der Waals surface area contributed by atoms with E-state index in [4.69, 9.17) is 0 Å². The molecule has 106 valence electrons. The second-order valence-electron chi connectivity index (χ2n) is 5.87. The van der Waals surface area contributed by atoms with E-state index in [9.17, 15) is 13.2 Å². The Kier molecular flexibility index (Phi) is 3.28. The highest BCUT2D eigenvalue weighted by Gasteiger charge is 2.46. The normalized spacial score (nSPS) is 31.6. The van der Waals surface area contributed by atoms with Gasteiger partial charge >= 0.3 is 0 Å². The maximum absolute atomic E-state index is 12.4. The Bertz CT molecular complexity index is 646. The number of fused-ring (bicyclic) bond motifs is 2. The van der Waals surface area contributed by atoms with Crippen LogP contribution >= 0.6 is 0 Å². The minimum Gasteiger partial charge on any atom is -0.298 e. The minimum absolute atomic E-state index is 0.122. The van der Waals surface area contributed by atoms with Gasteiger partial charge in [0, 0.05) is 5.92 Å². The molecule has 20 heavy (non-hydrogen) atoms. The first-order valence-corrected chi connectivity index (χ1v) is 8.63. The van der Waals surface area contributed by atoms with Crippen LogP contribution in [0.3, 0.4) is 0 Å². The Balaban J connectivity index is 1.79. The number of carbonyl (C=O) groups is 1. The Hall–Kier alpha value is -1.42. The summed E-state index contributed by atoms with van der Waals surface area (Å²) < 4.78 is 24.5. The number of benzene rings is 1. The number of hydrogen-bond donors (Lipinski definition) is 0. The van der Waals surface area contributed by atoms with Crippen molar-refractivity contribution in [1.82, 2.24) is 0 Å². The van der Waals surface area contributed by atoms with Crippen LogP contribution in [0.4, 0.5) is 0 Å². The van der Waals surface area contributed by atoms with Gasteiger partial charge in [0.15, 0.2) is 15.6 Å². The summed E-state index contributed by atoms with van der Waals surface area (Å²) in [5.74, 6) is 0.343. The van der Waals surface area contributed by atoms with Crippen molar-refractivity contribution in [2.75, 3.05) is 5.75 Å². The van der Waals surface area contributed by atoms with Gasteiger partial charge in [0.05, 0.1) is 4.90 Å². The van der Waals surface area contributed by atoms with Gasteiger partial charge in [-0.15, -0.1) is 0 Å². The highest BCUT2D eigenvalue weighted by atomic mass is 32.2. The number of carbonyl (C=O) groups excluding carboxylic acids is 1. The molecule has 0 heterocycles. The zero-order chi connectivity index (χ0) is 14.3. The van der Waals surface area contributed by atoms with E-state index in [1.165, 1.54) is 0 Å². The quantitative estimate of drug-likeness (QED) is 0.801. The molecule has 0 radical (unpaired) electrons. The molecule has 4 heteroatoms. The lowest BCUT2D eigenvalue weighted by Gasteiger charge is -2.23. The molecule has 4 atom stereocenters. The van der Waals surface area contributed by atoms with Gasteiger partial charge in [0.25, 0.3) is 0 Å². The van der Waals surface area contributed by atoms with Crippen molar-refractivity contribution < 1.29 is 13.2 Å². The summed E-state index contributed by atoms with van der Waals surface area (Å²) in [6, 6.07) is 8.23. The molecule has 1 aromatic carbocycles. The van der Waals surface area contributed by atoms with Crippen molar-refractivity contribution >= 4 is 15.6 Å². The first-order chi connectivity index (χ1) is 9.49. The highest BCUT2D eigenvalue weighted by molar-refractivity contribution is 7.92. The summed E-state index contributed by atoms with van der Waals surface area (Å²) in [5.41, 5.74) is 0. The standard InChI is InChI=1S/C16H18O3S/c1-11-12-7-8-13(9-12)16(11)15(17)10-20(18,19)14-5-3-2-4-6-14/h2-8,11-13,16H,9-10H2,1H3/t11-,12+,13-,16+/m1/s1. The van der Waals surface area contributed by atoms with E-state index in [1.54, 1.807) is 30.3 Å².